The van der Waals surface area contributed by atoms with Crippen molar-refractivity contribution in [2.45, 2.75) is 6.04 Å². The first-order valence-corrected chi connectivity index (χ1v) is 6.55. The molecule has 80 valence electrons. The molecule has 3 rings (SSSR count). The molecular formula is C10H5BrClN3S. The van der Waals surface area contributed by atoms with Crippen molar-refractivity contribution >= 4 is 55.6 Å². The van der Waals surface area contributed by atoms with Gasteiger partial charge in [0.25, 0.3) is 0 Å². The molecule has 0 fully saturated rings. The second-order valence-corrected chi connectivity index (χ2v) is 5.64. The van der Waals surface area contributed by atoms with Crippen molar-refractivity contribution in [2.75, 3.05) is 0 Å². The minimum Gasteiger partial charge on any atom is -0.261 e. The fourth-order valence-electron chi connectivity index (χ4n) is 1.48. The molecule has 0 radical (unpaired) electrons. The predicted molar refractivity (Wildman–Crippen MR) is 73.0 cm³/mol. The van der Waals surface area contributed by atoms with Crippen LogP contribution >= 0.6 is 39.3 Å². The molecule has 1 atom stereocenters. The highest BCUT2D eigenvalue weighted by atomic mass is 79.9. The maximum Gasteiger partial charge on any atom is 0.138 e. The molecule has 0 N–H and O–H groups in total. The molecule has 2 aliphatic rings. The summed E-state index contributed by atoms with van der Waals surface area (Å²) in [6.45, 7) is 0. The number of hydrogen-bond acceptors (Lipinski definition) is 4. The van der Waals surface area contributed by atoms with Gasteiger partial charge in [-0.1, -0.05) is 27.5 Å². The predicted octanol–water partition coefficient (Wildman–Crippen LogP) is 3.36. The lowest BCUT2D eigenvalue weighted by molar-refractivity contribution is 1.22. The van der Waals surface area contributed by atoms with E-state index in [2.05, 4.69) is 31.1 Å². The summed E-state index contributed by atoms with van der Waals surface area (Å²) in [5.41, 5.74) is 0.937. The SMILES string of the molecule is Clc1ccc(Br)cc1C1=NC2C=NN=C2S1. The third-order valence-electron chi connectivity index (χ3n) is 2.23. The van der Waals surface area contributed by atoms with E-state index in [1.807, 2.05) is 18.2 Å². The van der Waals surface area contributed by atoms with Gasteiger partial charge in [0.15, 0.2) is 0 Å². The minimum atomic E-state index is -0.00458. The zero-order valence-electron chi connectivity index (χ0n) is 7.89. The number of nitrogens with zero attached hydrogens (tertiary/aromatic N) is 3. The van der Waals surface area contributed by atoms with Crippen LogP contribution in [0.2, 0.25) is 5.02 Å². The summed E-state index contributed by atoms with van der Waals surface area (Å²) in [5, 5.41) is 10.4. The van der Waals surface area contributed by atoms with Gasteiger partial charge in [-0.15, -0.1) is 5.10 Å². The molecule has 0 amide bonds. The minimum absolute atomic E-state index is 0.00458. The summed E-state index contributed by atoms with van der Waals surface area (Å²) in [6, 6.07) is 5.72. The van der Waals surface area contributed by atoms with Crippen molar-refractivity contribution < 1.29 is 0 Å². The number of thioether (sulfide) groups is 1. The van der Waals surface area contributed by atoms with Crippen LogP contribution in [0, 0.1) is 0 Å². The number of hydrogen-bond donors (Lipinski definition) is 0. The highest BCUT2D eigenvalue weighted by Gasteiger charge is 2.29. The zero-order chi connectivity index (χ0) is 11.1. The van der Waals surface area contributed by atoms with E-state index >= 15 is 0 Å². The van der Waals surface area contributed by atoms with Crippen LogP contribution in [0.4, 0.5) is 0 Å². The third kappa shape index (κ3) is 1.73. The van der Waals surface area contributed by atoms with Gasteiger partial charge in [-0.25, -0.2) is 0 Å². The molecule has 0 aromatic heterocycles. The van der Waals surface area contributed by atoms with Gasteiger partial charge < -0.3 is 0 Å². The largest absolute Gasteiger partial charge is 0.261 e. The number of fused-ring (bicyclic) bond motifs is 1. The third-order valence-corrected chi connectivity index (χ3v) is 4.11. The lowest BCUT2D eigenvalue weighted by atomic mass is 10.2. The van der Waals surface area contributed by atoms with Crippen molar-refractivity contribution in [1.29, 1.82) is 0 Å². The van der Waals surface area contributed by atoms with E-state index < -0.39 is 0 Å². The van der Waals surface area contributed by atoms with Crippen molar-refractivity contribution in [2.24, 2.45) is 15.2 Å². The Morgan fingerprint density at radius 3 is 3.06 bits per heavy atom. The maximum atomic E-state index is 6.14. The summed E-state index contributed by atoms with van der Waals surface area (Å²) in [4.78, 5) is 4.52. The van der Waals surface area contributed by atoms with Crippen LogP contribution in [0.1, 0.15) is 5.56 Å². The van der Waals surface area contributed by atoms with Gasteiger partial charge >= 0.3 is 0 Å². The van der Waals surface area contributed by atoms with Crippen LogP contribution in [0.15, 0.2) is 37.9 Å². The topological polar surface area (TPSA) is 37.1 Å². The van der Waals surface area contributed by atoms with Crippen molar-refractivity contribution in [1.82, 2.24) is 0 Å². The van der Waals surface area contributed by atoms with E-state index in [-0.39, 0.29) is 6.04 Å². The summed E-state index contributed by atoms with van der Waals surface area (Å²) >= 11 is 11.1. The second-order valence-electron chi connectivity index (χ2n) is 3.31. The molecular weight excluding hydrogens is 310 g/mol. The molecule has 1 aromatic carbocycles. The molecule has 0 bridgehead atoms. The van der Waals surface area contributed by atoms with Crippen LogP contribution < -0.4 is 0 Å². The van der Waals surface area contributed by atoms with Gasteiger partial charge in [0, 0.05) is 10.0 Å². The summed E-state index contributed by atoms with van der Waals surface area (Å²) in [6.07, 6.45) is 1.74. The number of benzene rings is 1. The van der Waals surface area contributed by atoms with E-state index in [9.17, 15) is 0 Å². The molecule has 2 aliphatic heterocycles. The van der Waals surface area contributed by atoms with Crippen molar-refractivity contribution in [3.8, 4) is 0 Å². The summed E-state index contributed by atoms with van der Waals surface area (Å²) in [5.74, 6) is 0. The fraction of sp³-hybridized carbons (Fsp3) is 0.100. The van der Waals surface area contributed by atoms with Gasteiger partial charge in [0.1, 0.15) is 16.1 Å². The van der Waals surface area contributed by atoms with Gasteiger partial charge in [0.2, 0.25) is 0 Å². The Morgan fingerprint density at radius 1 is 1.38 bits per heavy atom. The average molecular weight is 315 g/mol. The highest BCUT2D eigenvalue weighted by molar-refractivity contribution is 9.10. The second kappa shape index (κ2) is 3.98. The van der Waals surface area contributed by atoms with E-state index in [1.165, 1.54) is 11.8 Å². The first kappa shape index (κ1) is 10.5. The molecule has 3 nitrogen and oxygen atoms in total. The smallest absolute Gasteiger partial charge is 0.138 e. The Bertz CT molecular complexity index is 553. The Balaban J connectivity index is 2.03. The van der Waals surface area contributed by atoms with E-state index in [4.69, 9.17) is 11.6 Å². The number of aliphatic imine (C=N–C) groups is 1. The molecule has 0 saturated carbocycles. The lowest BCUT2D eigenvalue weighted by Gasteiger charge is -2.03. The molecule has 16 heavy (non-hydrogen) atoms. The Morgan fingerprint density at radius 2 is 2.25 bits per heavy atom. The lowest BCUT2D eigenvalue weighted by Crippen LogP contribution is -2.06. The Labute approximate surface area is 110 Å². The fourth-order valence-corrected chi connectivity index (χ4v) is 3.07. The number of halogens is 2. The normalized spacial score (nSPS) is 22.0. The van der Waals surface area contributed by atoms with E-state index in [0.29, 0.717) is 5.02 Å². The van der Waals surface area contributed by atoms with Gasteiger partial charge in [0.05, 0.1) is 11.2 Å². The van der Waals surface area contributed by atoms with Crippen LogP contribution in [0.3, 0.4) is 0 Å². The molecule has 0 aliphatic carbocycles. The zero-order valence-corrected chi connectivity index (χ0v) is 11.1. The first-order valence-electron chi connectivity index (χ1n) is 4.56. The van der Waals surface area contributed by atoms with Gasteiger partial charge in [-0.2, -0.15) is 5.10 Å². The molecule has 1 unspecified atom stereocenters. The van der Waals surface area contributed by atoms with Crippen LogP contribution in [-0.4, -0.2) is 22.3 Å². The monoisotopic (exact) mass is 313 g/mol. The van der Waals surface area contributed by atoms with E-state index in [1.54, 1.807) is 6.21 Å². The molecule has 1 aromatic rings. The molecule has 6 heteroatoms. The Hall–Kier alpha value is -0.650. The molecule has 2 heterocycles. The van der Waals surface area contributed by atoms with Gasteiger partial charge in [-0.05, 0) is 30.0 Å². The van der Waals surface area contributed by atoms with Crippen molar-refractivity contribution in [3.63, 3.8) is 0 Å². The Kier molecular flexibility index (Phi) is 2.61. The summed E-state index contributed by atoms with van der Waals surface area (Å²) < 4.78 is 0.989. The maximum absolute atomic E-state index is 6.14. The van der Waals surface area contributed by atoms with Crippen LogP contribution in [-0.2, 0) is 0 Å². The van der Waals surface area contributed by atoms with Crippen LogP contribution in [0.5, 0.6) is 0 Å². The standard InChI is InChI=1S/C10H5BrClN3S/c11-5-1-2-7(12)6(3-5)9-14-8-4-13-15-10(8)16-9/h1-4,8H. The quantitative estimate of drug-likeness (QED) is 0.783. The first-order chi connectivity index (χ1) is 7.74. The van der Waals surface area contributed by atoms with Crippen LogP contribution in [0.25, 0.3) is 0 Å². The number of rotatable bonds is 1. The highest BCUT2D eigenvalue weighted by Crippen LogP contribution is 2.32. The van der Waals surface area contributed by atoms with E-state index in [0.717, 1.165) is 20.1 Å². The van der Waals surface area contributed by atoms with Crippen molar-refractivity contribution in [3.05, 3.63) is 33.3 Å². The average Bonchev–Trinajstić information content (AvgIpc) is 2.81. The van der Waals surface area contributed by atoms with Gasteiger partial charge in [-0.3, -0.25) is 4.99 Å². The summed E-state index contributed by atoms with van der Waals surface area (Å²) in [7, 11) is 0. The molecule has 0 spiro atoms. The molecule has 0 saturated heterocycles.